The van der Waals surface area contributed by atoms with Crippen molar-refractivity contribution in [2.75, 3.05) is 0 Å². The number of benzene rings is 2. The lowest BCUT2D eigenvalue weighted by Crippen LogP contribution is -2.11. The van der Waals surface area contributed by atoms with Gasteiger partial charge in [-0.15, -0.1) is 0 Å². The predicted octanol–water partition coefficient (Wildman–Crippen LogP) is 4.71. The van der Waals surface area contributed by atoms with Gasteiger partial charge in [-0.25, -0.2) is 12.4 Å². The van der Waals surface area contributed by atoms with Gasteiger partial charge in [-0.05, 0) is 60.9 Å². The molecule has 0 bridgehead atoms. The fraction of sp³-hybridized carbons (Fsp3) is 0.0952. The molecule has 136 valence electrons. The summed E-state index contributed by atoms with van der Waals surface area (Å²) >= 11 is 5.90. The molecule has 0 saturated heterocycles. The lowest BCUT2D eigenvalue weighted by atomic mass is 10.1. The first-order valence-corrected chi connectivity index (χ1v) is 10.4. The molecule has 0 N–H and O–H groups in total. The molecule has 0 spiro atoms. The van der Waals surface area contributed by atoms with Gasteiger partial charge in [0.25, 0.3) is 10.0 Å². The van der Waals surface area contributed by atoms with Crippen molar-refractivity contribution in [3.63, 3.8) is 0 Å². The van der Waals surface area contributed by atoms with Gasteiger partial charge in [0.1, 0.15) is 0 Å². The van der Waals surface area contributed by atoms with Crippen LogP contribution in [0, 0.1) is 0 Å². The number of halogens is 1. The maximum absolute atomic E-state index is 13.2. The minimum atomic E-state index is -3.70. The molecule has 4 aromatic rings. The number of hydrogen-bond donors (Lipinski definition) is 0. The van der Waals surface area contributed by atoms with Gasteiger partial charge in [-0.2, -0.15) is 0 Å². The Morgan fingerprint density at radius 3 is 2.37 bits per heavy atom. The van der Waals surface area contributed by atoms with E-state index in [2.05, 4.69) is 4.98 Å². The van der Waals surface area contributed by atoms with Crippen LogP contribution in [0.4, 0.5) is 0 Å². The van der Waals surface area contributed by atoms with E-state index in [1.165, 1.54) is 16.1 Å². The Kier molecular flexibility index (Phi) is 4.72. The normalized spacial score (nSPS) is 11.7. The second-order valence-electron chi connectivity index (χ2n) is 6.25. The highest BCUT2D eigenvalue weighted by Crippen LogP contribution is 2.27. The third-order valence-electron chi connectivity index (χ3n) is 4.51. The fourth-order valence-electron chi connectivity index (χ4n) is 3.14. The molecule has 0 unspecified atom stereocenters. The van der Waals surface area contributed by atoms with Crippen LogP contribution in [0.1, 0.15) is 11.3 Å². The zero-order chi connectivity index (χ0) is 18.9. The summed E-state index contributed by atoms with van der Waals surface area (Å²) in [5, 5.41) is 1.44. The van der Waals surface area contributed by atoms with Crippen LogP contribution in [0.15, 0.2) is 84.0 Å². The summed E-state index contributed by atoms with van der Waals surface area (Å²) in [5.74, 6) is 0. The molecule has 0 amide bonds. The number of rotatable bonds is 5. The van der Waals surface area contributed by atoms with Crippen LogP contribution in [0.5, 0.6) is 0 Å². The van der Waals surface area contributed by atoms with E-state index in [9.17, 15) is 8.42 Å². The Morgan fingerprint density at radius 1 is 0.889 bits per heavy atom. The summed E-state index contributed by atoms with van der Waals surface area (Å²) in [4.78, 5) is 4.56. The largest absolute Gasteiger partial charge is 0.268 e. The van der Waals surface area contributed by atoms with Gasteiger partial charge in [-0.3, -0.25) is 4.98 Å². The number of fused-ring (bicyclic) bond motifs is 1. The van der Waals surface area contributed by atoms with Crippen LogP contribution < -0.4 is 0 Å². The first-order chi connectivity index (χ1) is 13.1. The van der Waals surface area contributed by atoms with E-state index in [-0.39, 0.29) is 4.90 Å². The average Bonchev–Trinajstić information content (AvgIpc) is 3.07. The SMILES string of the molecule is O=S(=O)(c1ccc(Cl)cc1)n1cc(CCc2ccccn2)c2ccccc21. The predicted molar refractivity (Wildman–Crippen MR) is 108 cm³/mol. The van der Waals surface area contributed by atoms with Crippen molar-refractivity contribution in [1.82, 2.24) is 8.96 Å². The molecule has 0 atom stereocenters. The molecule has 2 aromatic carbocycles. The van der Waals surface area contributed by atoms with Crippen molar-refractivity contribution >= 4 is 32.5 Å². The third-order valence-corrected chi connectivity index (χ3v) is 6.45. The van der Waals surface area contributed by atoms with Gasteiger partial charge in [0, 0.05) is 28.5 Å². The van der Waals surface area contributed by atoms with Crippen molar-refractivity contribution in [3.05, 3.63) is 95.4 Å². The molecule has 0 aliphatic carbocycles. The number of nitrogens with zero attached hydrogens (tertiary/aromatic N) is 2. The molecular weight excluding hydrogens is 380 g/mol. The molecule has 0 radical (unpaired) electrons. The van der Waals surface area contributed by atoms with E-state index in [4.69, 9.17) is 11.6 Å². The quantitative estimate of drug-likeness (QED) is 0.490. The molecule has 4 nitrogen and oxygen atoms in total. The van der Waals surface area contributed by atoms with Gasteiger partial charge < -0.3 is 0 Å². The van der Waals surface area contributed by atoms with Gasteiger partial charge in [0.05, 0.1) is 10.4 Å². The van der Waals surface area contributed by atoms with Gasteiger partial charge >= 0.3 is 0 Å². The number of pyridine rings is 1. The summed E-state index contributed by atoms with van der Waals surface area (Å²) in [7, 11) is -3.70. The Labute approximate surface area is 163 Å². The fourth-order valence-corrected chi connectivity index (χ4v) is 4.66. The Morgan fingerprint density at radius 2 is 1.63 bits per heavy atom. The number of hydrogen-bond acceptors (Lipinski definition) is 3. The zero-order valence-corrected chi connectivity index (χ0v) is 16.0. The average molecular weight is 397 g/mol. The minimum Gasteiger partial charge on any atom is -0.261 e. The molecule has 27 heavy (non-hydrogen) atoms. The highest BCUT2D eigenvalue weighted by Gasteiger charge is 2.21. The highest BCUT2D eigenvalue weighted by atomic mass is 35.5. The summed E-state index contributed by atoms with van der Waals surface area (Å²) in [6.45, 7) is 0. The van der Waals surface area contributed by atoms with Crippen molar-refractivity contribution in [3.8, 4) is 0 Å². The van der Waals surface area contributed by atoms with Crippen LogP contribution in [0.2, 0.25) is 5.02 Å². The van der Waals surface area contributed by atoms with Gasteiger partial charge in [0.2, 0.25) is 0 Å². The highest BCUT2D eigenvalue weighted by molar-refractivity contribution is 7.90. The molecule has 0 aliphatic rings. The first kappa shape index (κ1) is 17.8. The van der Waals surface area contributed by atoms with Crippen LogP contribution in [-0.4, -0.2) is 17.4 Å². The van der Waals surface area contributed by atoms with Crippen molar-refractivity contribution < 1.29 is 8.42 Å². The molecule has 6 heteroatoms. The van der Waals surface area contributed by atoms with E-state index < -0.39 is 10.0 Å². The standard InChI is InChI=1S/C21H17ClN2O2S/c22-17-9-12-19(13-10-17)27(25,26)24-15-16(20-6-1-2-7-21(20)24)8-11-18-5-3-4-14-23-18/h1-7,9-10,12-15H,8,11H2. The lowest BCUT2D eigenvalue weighted by Gasteiger charge is -2.07. The van der Waals surface area contributed by atoms with E-state index in [1.807, 2.05) is 42.5 Å². The molecule has 0 saturated carbocycles. The number of aromatic nitrogens is 2. The van der Waals surface area contributed by atoms with Crippen molar-refractivity contribution in [1.29, 1.82) is 0 Å². The second-order valence-corrected chi connectivity index (χ2v) is 8.50. The van der Waals surface area contributed by atoms with Crippen molar-refractivity contribution in [2.45, 2.75) is 17.7 Å². The maximum Gasteiger partial charge on any atom is 0.268 e. The molecule has 0 fully saturated rings. The lowest BCUT2D eigenvalue weighted by molar-refractivity contribution is 0.589. The minimum absolute atomic E-state index is 0.212. The third kappa shape index (κ3) is 3.48. The second kappa shape index (κ2) is 7.18. The number of aryl methyl sites for hydroxylation is 2. The molecule has 0 aliphatic heterocycles. The topological polar surface area (TPSA) is 52.0 Å². The Balaban J connectivity index is 1.76. The summed E-state index contributed by atoms with van der Waals surface area (Å²) in [6, 6.07) is 19.6. The smallest absolute Gasteiger partial charge is 0.261 e. The molecule has 2 aromatic heterocycles. The first-order valence-electron chi connectivity index (χ1n) is 8.56. The Hall–Kier alpha value is -2.63. The van der Waals surface area contributed by atoms with E-state index in [1.54, 1.807) is 24.5 Å². The van der Waals surface area contributed by atoms with E-state index in [0.717, 1.165) is 23.1 Å². The van der Waals surface area contributed by atoms with Crippen LogP contribution in [0.25, 0.3) is 10.9 Å². The van der Waals surface area contributed by atoms with Crippen LogP contribution in [-0.2, 0) is 22.9 Å². The zero-order valence-electron chi connectivity index (χ0n) is 14.4. The summed E-state index contributed by atoms with van der Waals surface area (Å²) in [6.07, 6.45) is 4.94. The van der Waals surface area contributed by atoms with Gasteiger partial charge in [0.15, 0.2) is 0 Å². The molecule has 4 rings (SSSR count). The summed E-state index contributed by atoms with van der Waals surface area (Å²) in [5.41, 5.74) is 2.63. The number of para-hydroxylation sites is 1. The van der Waals surface area contributed by atoms with Crippen molar-refractivity contribution in [2.24, 2.45) is 0 Å². The molecule has 2 heterocycles. The van der Waals surface area contributed by atoms with E-state index in [0.29, 0.717) is 17.0 Å². The van der Waals surface area contributed by atoms with E-state index >= 15 is 0 Å². The monoisotopic (exact) mass is 396 g/mol. The Bertz CT molecular complexity index is 1180. The maximum atomic E-state index is 13.2. The van der Waals surface area contributed by atoms with Gasteiger partial charge in [-0.1, -0.05) is 35.9 Å². The van der Waals surface area contributed by atoms with Crippen LogP contribution >= 0.6 is 11.6 Å². The summed E-state index contributed by atoms with van der Waals surface area (Å²) < 4.78 is 27.7. The molecular formula is C21H17ClN2O2S. The van der Waals surface area contributed by atoms with Crippen LogP contribution in [0.3, 0.4) is 0 Å².